The number of halogens is 1. The molecule has 0 heterocycles. The monoisotopic (exact) mass is 317 g/mol. The van der Waals surface area contributed by atoms with Crippen LogP contribution in [0, 0.1) is 13.8 Å². The summed E-state index contributed by atoms with van der Waals surface area (Å²) in [6.07, 6.45) is 0.780. The highest BCUT2D eigenvalue weighted by Gasteiger charge is 2.30. The fourth-order valence-corrected chi connectivity index (χ4v) is 4.79. The van der Waals surface area contributed by atoms with Crippen molar-refractivity contribution in [3.8, 4) is 0 Å². The summed E-state index contributed by atoms with van der Waals surface area (Å²) in [6.45, 7) is 8.35. The molecule has 0 aliphatic rings. The Morgan fingerprint density at radius 3 is 2.21 bits per heavy atom. The zero-order valence-corrected chi connectivity index (χ0v) is 14.5. The SMILES string of the molecule is CCC(C(=O)Nc1c(C)cc(Cl)cc1C)[P+](C)(C)[S-]. The molecule has 19 heavy (non-hydrogen) atoms. The van der Waals surface area contributed by atoms with Crippen LogP contribution in [-0.2, 0) is 17.0 Å². The molecule has 0 bridgehead atoms. The molecule has 2 nitrogen and oxygen atoms in total. The number of hydrogen-bond donors (Lipinski definition) is 1. The van der Waals surface area contributed by atoms with Crippen LogP contribution in [-0.4, -0.2) is 24.9 Å². The fraction of sp³-hybridized carbons (Fsp3) is 0.500. The van der Waals surface area contributed by atoms with Crippen molar-refractivity contribution in [2.75, 3.05) is 18.6 Å². The Bertz CT molecular complexity index is 462. The summed E-state index contributed by atoms with van der Waals surface area (Å²) >= 11 is 11.5. The molecule has 1 aromatic rings. The normalized spacial score (nSPS) is 13.2. The minimum absolute atomic E-state index is 0.0318. The number of anilines is 1. The van der Waals surface area contributed by atoms with Gasteiger partial charge in [-0.25, -0.2) is 0 Å². The highest BCUT2D eigenvalue weighted by Crippen LogP contribution is 2.55. The molecule has 1 unspecified atom stereocenters. The number of nitrogens with one attached hydrogen (secondary N) is 1. The summed E-state index contributed by atoms with van der Waals surface area (Å²) in [4.78, 5) is 12.4. The molecular weight excluding hydrogens is 297 g/mol. The molecule has 0 spiro atoms. The quantitative estimate of drug-likeness (QED) is 0.658. The van der Waals surface area contributed by atoms with E-state index in [2.05, 4.69) is 5.32 Å². The first-order chi connectivity index (χ1) is 8.66. The Morgan fingerprint density at radius 2 is 1.84 bits per heavy atom. The molecular formula is C14H21ClNOPS. The number of rotatable bonds is 4. The highest BCUT2D eigenvalue weighted by molar-refractivity contribution is 8.42. The Kier molecular flexibility index (Phi) is 5.73. The lowest BCUT2D eigenvalue weighted by molar-refractivity contribution is -0.115. The van der Waals surface area contributed by atoms with Crippen molar-refractivity contribution in [1.29, 1.82) is 0 Å². The maximum atomic E-state index is 12.4. The average Bonchev–Trinajstić information content (AvgIpc) is 2.22. The lowest BCUT2D eigenvalue weighted by Gasteiger charge is -2.31. The van der Waals surface area contributed by atoms with Crippen LogP contribution in [0.1, 0.15) is 24.5 Å². The zero-order valence-electron chi connectivity index (χ0n) is 12.1. The summed E-state index contributed by atoms with van der Waals surface area (Å²) in [6, 6.07) is 3.72. The Labute approximate surface area is 126 Å². The standard InChI is InChI=1S/C14H21ClNOPS/c1-6-12(18(4,5)19)14(17)16-13-9(2)7-11(15)8-10(13)3/h7-8,12H,6H2,1-5H3,(H,16,17). The predicted molar refractivity (Wildman–Crippen MR) is 89.8 cm³/mol. The number of amides is 1. The first-order valence-corrected chi connectivity index (χ1v) is 10.4. The van der Waals surface area contributed by atoms with Gasteiger partial charge in [0.1, 0.15) is 5.66 Å². The third-order valence-electron chi connectivity index (χ3n) is 3.19. The molecule has 0 saturated carbocycles. The molecule has 1 amide bonds. The number of carbonyl (C=O) groups excluding carboxylic acids is 1. The lowest BCUT2D eigenvalue weighted by Crippen LogP contribution is -2.29. The van der Waals surface area contributed by atoms with E-state index in [4.69, 9.17) is 23.8 Å². The molecule has 1 N–H and O–H groups in total. The van der Waals surface area contributed by atoms with Gasteiger partial charge in [-0.1, -0.05) is 18.5 Å². The second-order valence-corrected chi connectivity index (χ2v) is 12.0. The van der Waals surface area contributed by atoms with E-state index in [1.807, 2.05) is 46.2 Å². The van der Waals surface area contributed by atoms with Gasteiger partial charge in [-0.2, -0.15) is 0 Å². The topological polar surface area (TPSA) is 29.1 Å². The van der Waals surface area contributed by atoms with Crippen LogP contribution in [0.15, 0.2) is 12.1 Å². The van der Waals surface area contributed by atoms with Gasteiger partial charge in [-0.05, 0) is 43.5 Å². The van der Waals surface area contributed by atoms with E-state index in [1.165, 1.54) is 0 Å². The number of hydrogen-bond acceptors (Lipinski definition) is 2. The smallest absolute Gasteiger partial charge is 0.263 e. The van der Waals surface area contributed by atoms with Gasteiger partial charge >= 0.3 is 0 Å². The van der Waals surface area contributed by atoms with Crippen molar-refractivity contribution in [3.05, 3.63) is 28.3 Å². The first kappa shape index (κ1) is 16.8. The minimum Gasteiger partial charge on any atom is -0.556 e. The second kappa shape index (κ2) is 6.47. The Hall–Kier alpha value is -0.240. The second-order valence-electron chi connectivity index (χ2n) is 5.26. The molecule has 106 valence electrons. The van der Waals surface area contributed by atoms with Gasteiger partial charge in [0.2, 0.25) is 0 Å². The van der Waals surface area contributed by atoms with E-state index in [-0.39, 0.29) is 11.6 Å². The molecule has 0 radical (unpaired) electrons. The predicted octanol–water partition coefficient (Wildman–Crippen LogP) is 4.41. The van der Waals surface area contributed by atoms with E-state index in [9.17, 15) is 4.79 Å². The molecule has 5 heteroatoms. The first-order valence-electron chi connectivity index (χ1n) is 6.29. The molecule has 0 saturated heterocycles. The summed E-state index contributed by atoms with van der Waals surface area (Å²) in [5.41, 5.74) is 2.75. The summed E-state index contributed by atoms with van der Waals surface area (Å²) in [5, 5.41) is 3.72. The van der Waals surface area contributed by atoms with Gasteiger partial charge in [0.25, 0.3) is 5.91 Å². The van der Waals surface area contributed by atoms with E-state index >= 15 is 0 Å². The average molecular weight is 318 g/mol. The van der Waals surface area contributed by atoms with Gasteiger partial charge in [-0.3, -0.25) is 4.79 Å². The van der Waals surface area contributed by atoms with Crippen molar-refractivity contribution < 1.29 is 4.79 Å². The third-order valence-corrected chi connectivity index (χ3v) is 6.27. The number of benzene rings is 1. The zero-order chi connectivity index (χ0) is 14.8. The largest absolute Gasteiger partial charge is 0.556 e. The Balaban J connectivity index is 3.00. The van der Waals surface area contributed by atoms with Crippen LogP contribution in [0.3, 0.4) is 0 Å². The van der Waals surface area contributed by atoms with E-state index in [0.29, 0.717) is 5.02 Å². The van der Waals surface area contributed by atoms with E-state index < -0.39 is 6.46 Å². The van der Waals surface area contributed by atoms with Gasteiger partial charge in [-0.15, -0.1) is 6.46 Å². The highest BCUT2D eigenvalue weighted by atomic mass is 35.5. The molecule has 0 fully saturated rings. The number of aryl methyl sites for hydroxylation is 2. The molecule has 0 aromatic heterocycles. The summed E-state index contributed by atoms with van der Waals surface area (Å²) in [7, 11) is 0. The van der Waals surface area contributed by atoms with Crippen molar-refractivity contribution in [2.45, 2.75) is 32.9 Å². The summed E-state index contributed by atoms with van der Waals surface area (Å²) in [5.74, 6) is 0.0318. The van der Waals surface area contributed by atoms with Gasteiger partial charge in [0, 0.05) is 24.0 Å². The minimum atomic E-state index is -1.61. The van der Waals surface area contributed by atoms with Crippen molar-refractivity contribution in [3.63, 3.8) is 0 Å². The van der Waals surface area contributed by atoms with Crippen molar-refractivity contribution >= 4 is 41.9 Å². The summed E-state index contributed by atoms with van der Waals surface area (Å²) < 4.78 is 0. The van der Waals surface area contributed by atoms with Crippen LogP contribution in [0.5, 0.6) is 0 Å². The van der Waals surface area contributed by atoms with Crippen LogP contribution in [0.2, 0.25) is 5.02 Å². The molecule has 1 atom stereocenters. The van der Waals surface area contributed by atoms with Gasteiger partial charge in [0.05, 0.1) is 0 Å². The van der Waals surface area contributed by atoms with Crippen molar-refractivity contribution in [1.82, 2.24) is 0 Å². The molecule has 1 aromatic carbocycles. The van der Waals surface area contributed by atoms with E-state index in [1.54, 1.807) is 0 Å². The maximum Gasteiger partial charge on any atom is 0.263 e. The molecule has 1 rings (SSSR count). The molecule has 0 aliphatic carbocycles. The lowest BCUT2D eigenvalue weighted by atomic mass is 10.1. The maximum absolute atomic E-state index is 12.4. The molecule has 0 aliphatic heterocycles. The Morgan fingerprint density at radius 1 is 1.37 bits per heavy atom. The number of carbonyl (C=O) groups is 1. The van der Waals surface area contributed by atoms with Gasteiger partial charge < -0.3 is 17.6 Å². The van der Waals surface area contributed by atoms with Gasteiger partial charge in [0.15, 0.2) is 0 Å². The fourth-order valence-electron chi connectivity index (χ4n) is 2.22. The van der Waals surface area contributed by atoms with Crippen LogP contribution >= 0.6 is 18.1 Å². The third kappa shape index (κ3) is 4.37. The van der Waals surface area contributed by atoms with Crippen LogP contribution in [0.4, 0.5) is 5.69 Å². The van der Waals surface area contributed by atoms with E-state index in [0.717, 1.165) is 23.2 Å². The van der Waals surface area contributed by atoms with Crippen molar-refractivity contribution in [2.24, 2.45) is 0 Å². The van der Waals surface area contributed by atoms with Crippen LogP contribution in [0.25, 0.3) is 0 Å². The van der Waals surface area contributed by atoms with Crippen LogP contribution < -0.4 is 5.32 Å².